The summed E-state index contributed by atoms with van der Waals surface area (Å²) >= 11 is 0. The minimum Gasteiger partial charge on any atom is -0.394 e. The lowest BCUT2D eigenvalue weighted by atomic mass is 10.1. The Balaban J connectivity index is 2.39. The normalized spacial score (nSPS) is 31.8. The Hall–Kier alpha value is -1.48. The van der Waals surface area contributed by atoms with E-state index < -0.39 is 36.8 Å². The topological polar surface area (TPSA) is 131 Å². The van der Waals surface area contributed by atoms with Crippen LogP contribution in [0.4, 0.5) is 5.82 Å². The maximum absolute atomic E-state index is 11.7. The van der Waals surface area contributed by atoms with Crippen LogP contribution in [0.5, 0.6) is 0 Å². The second-order valence-corrected chi connectivity index (χ2v) is 4.23. The van der Waals surface area contributed by atoms with Gasteiger partial charge in [-0.2, -0.15) is 4.98 Å². The second kappa shape index (κ2) is 4.65. The van der Waals surface area contributed by atoms with Crippen LogP contribution >= 0.6 is 0 Å². The molecule has 18 heavy (non-hydrogen) atoms. The number of hydrogen-bond donors (Lipinski definition) is 4. The highest BCUT2D eigenvalue weighted by molar-refractivity contribution is 5.35. The van der Waals surface area contributed by atoms with E-state index in [1.807, 2.05) is 0 Å². The van der Waals surface area contributed by atoms with Gasteiger partial charge in [0.1, 0.15) is 24.1 Å². The highest BCUT2D eigenvalue weighted by atomic mass is 16.6. The molecule has 1 aliphatic heterocycles. The molecule has 0 aliphatic carbocycles. The van der Waals surface area contributed by atoms with Gasteiger partial charge in [-0.1, -0.05) is 0 Å². The predicted molar refractivity (Wildman–Crippen MR) is 60.7 cm³/mol. The summed E-state index contributed by atoms with van der Waals surface area (Å²) in [4.78, 5) is 15.2. The van der Waals surface area contributed by atoms with E-state index in [0.29, 0.717) is 5.56 Å². The third-order valence-electron chi connectivity index (χ3n) is 2.97. The van der Waals surface area contributed by atoms with E-state index in [-0.39, 0.29) is 5.82 Å². The molecule has 0 aromatic carbocycles. The molecule has 0 spiro atoms. The number of hydrogen-bond acceptors (Lipinski definition) is 7. The molecular weight excluding hydrogens is 242 g/mol. The molecule has 1 aromatic heterocycles. The lowest BCUT2D eigenvalue weighted by Gasteiger charge is -2.17. The third-order valence-corrected chi connectivity index (χ3v) is 2.97. The first-order valence-electron chi connectivity index (χ1n) is 5.43. The van der Waals surface area contributed by atoms with Crippen molar-refractivity contribution in [1.82, 2.24) is 9.55 Å². The number of aromatic nitrogens is 2. The first kappa shape index (κ1) is 13.0. The minimum absolute atomic E-state index is 0.1000. The number of ether oxygens (including phenoxy) is 1. The number of aliphatic hydroxyl groups is 3. The van der Waals surface area contributed by atoms with Gasteiger partial charge in [0.25, 0.3) is 0 Å². The van der Waals surface area contributed by atoms with E-state index in [1.54, 1.807) is 6.92 Å². The average molecular weight is 257 g/mol. The van der Waals surface area contributed by atoms with Gasteiger partial charge in [0.2, 0.25) is 0 Å². The molecule has 2 heterocycles. The van der Waals surface area contributed by atoms with Crippen molar-refractivity contribution in [3.63, 3.8) is 0 Å². The van der Waals surface area contributed by atoms with Crippen molar-refractivity contribution < 1.29 is 20.1 Å². The lowest BCUT2D eigenvalue weighted by molar-refractivity contribution is -0.0550. The van der Waals surface area contributed by atoms with Crippen molar-refractivity contribution in [1.29, 1.82) is 0 Å². The van der Waals surface area contributed by atoms with Crippen LogP contribution in [0.1, 0.15) is 11.8 Å². The van der Waals surface area contributed by atoms with Gasteiger partial charge in [-0.25, -0.2) is 4.79 Å². The molecule has 0 unspecified atom stereocenters. The monoisotopic (exact) mass is 257 g/mol. The fourth-order valence-corrected chi connectivity index (χ4v) is 1.87. The lowest BCUT2D eigenvalue weighted by Crippen LogP contribution is -2.36. The minimum atomic E-state index is -1.32. The largest absolute Gasteiger partial charge is 0.394 e. The molecule has 100 valence electrons. The summed E-state index contributed by atoms with van der Waals surface area (Å²) in [6.07, 6.45) is -3.20. The molecule has 2 rings (SSSR count). The number of rotatable bonds is 2. The second-order valence-electron chi connectivity index (χ2n) is 4.23. The molecule has 0 bridgehead atoms. The molecule has 4 atom stereocenters. The summed E-state index contributed by atoms with van der Waals surface area (Å²) in [5.74, 6) is 0.1000. The Kier molecular flexibility index (Phi) is 3.35. The molecule has 1 saturated heterocycles. The quantitative estimate of drug-likeness (QED) is 0.470. The standard InChI is InChI=1S/C10H15N3O5/c1-4-2-13(10(17)12-8(4)11)9-7(16)6(15)5(3-14)18-9/h2,5-7,9,14-16H,3H2,1H3,(H2,11,12,17)/t5-,6+,7+,9-/m1/s1. The van der Waals surface area contributed by atoms with Crippen molar-refractivity contribution in [3.8, 4) is 0 Å². The molecule has 1 fully saturated rings. The van der Waals surface area contributed by atoms with E-state index >= 15 is 0 Å². The van der Waals surface area contributed by atoms with Gasteiger partial charge in [0.15, 0.2) is 6.23 Å². The zero-order valence-corrected chi connectivity index (χ0v) is 9.72. The Labute approximate surface area is 102 Å². The van der Waals surface area contributed by atoms with Crippen LogP contribution in [-0.4, -0.2) is 49.8 Å². The van der Waals surface area contributed by atoms with Crippen LogP contribution in [0.3, 0.4) is 0 Å². The highest BCUT2D eigenvalue weighted by Crippen LogP contribution is 2.28. The number of aryl methyl sites for hydroxylation is 1. The summed E-state index contributed by atoms with van der Waals surface area (Å²) in [5, 5.41) is 28.4. The molecule has 1 aliphatic rings. The Morgan fingerprint density at radius 1 is 1.50 bits per heavy atom. The Morgan fingerprint density at radius 2 is 2.17 bits per heavy atom. The molecule has 0 amide bonds. The maximum Gasteiger partial charge on any atom is 0.351 e. The van der Waals surface area contributed by atoms with Crippen molar-refractivity contribution in [2.45, 2.75) is 31.5 Å². The predicted octanol–water partition coefficient (Wildman–Crippen LogP) is -2.25. The van der Waals surface area contributed by atoms with Gasteiger partial charge >= 0.3 is 5.69 Å². The van der Waals surface area contributed by atoms with E-state index in [1.165, 1.54) is 6.20 Å². The number of nitrogen functional groups attached to an aromatic ring is 1. The number of anilines is 1. The molecule has 0 saturated carbocycles. The van der Waals surface area contributed by atoms with E-state index in [2.05, 4.69) is 4.98 Å². The average Bonchev–Trinajstić information content (AvgIpc) is 2.61. The van der Waals surface area contributed by atoms with Crippen molar-refractivity contribution in [3.05, 3.63) is 22.2 Å². The zero-order valence-electron chi connectivity index (χ0n) is 9.72. The summed E-state index contributed by atoms with van der Waals surface area (Å²) in [6.45, 7) is 1.20. The fourth-order valence-electron chi connectivity index (χ4n) is 1.87. The molecular formula is C10H15N3O5. The van der Waals surface area contributed by atoms with Crippen LogP contribution in [0, 0.1) is 6.92 Å². The van der Waals surface area contributed by atoms with Crippen LogP contribution in [0.25, 0.3) is 0 Å². The van der Waals surface area contributed by atoms with E-state index in [0.717, 1.165) is 4.57 Å². The molecule has 8 nitrogen and oxygen atoms in total. The van der Waals surface area contributed by atoms with Crippen LogP contribution in [0.15, 0.2) is 11.0 Å². The summed E-state index contributed by atoms with van der Waals surface area (Å²) in [5.41, 5.74) is 5.35. The van der Waals surface area contributed by atoms with Crippen LogP contribution in [0.2, 0.25) is 0 Å². The molecule has 1 aromatic rings. The fraction of sp³-hybridized carbons (Fsp3) is 0.600. The van der Waals surface area contributed by atoms with E-state index in [4.69, 9.17) is 15.6 Å². The number of nitrogens with two attached hydrogens (primary N) is 1. The van der Waals surface area contributed by atoms with Crippen LogP contribution in [-0.2, 0) is 4.74 Å². The number of aliphatic hydroxyl groups excluding tert-OH is 3. The van der Waals surface area contributed by atoms with E-state index in [9.17, 15) is 15.0 Å². The van der Waals surface area contributed by atoms with Gasteiger partial charge in [-0.15, -0.1) is 0 Å². The SMILES string of the molecule is Cc1cn([C@@H]2O[C@H](CO)[C@H](O)[C@@H]2O)c(=O)nc1N. The third kappa shape index (κ3) is 1.99. The van der Waals surface area contributed by atoms with Gasteiger partial charge in [0.05, 0.1) is 6.61 Å². The Bertz CT molecular complexity index is 503. The first-order valence-corrected chi connectivity index (χ1v) is 5.43. The summed E-state index contributed by atoms with van der Waals surface area (Å²) in [6, 6.07) is 0. The molecule has 0 radical (unpaired) electrons. The summed E-state index contributed by atoms with van der Waals surface area (Å²) < 4.78 is 6.28. The molecule has 5 N–H and O–H groups in total. The molecule has 8 heteroatoms. The first-order chi connectivity index (χ1) is 8.45. The number of nitrogens with zero attached hydrogens (tertiary/aromatic N) is 2. The van der Waals surface area contributed by atoms with Crippen molar-refractivity contribution >= 4 is 5.82 Å². The smallest absolute Gasteiger partial charge is 0.351 e. The van der Waals surface area contributed by atoms with Crippen LogP contribution < -0.4 is 11.4 Å². The summed E-state index contributed by atoms with van der Waals surface area (Å²) in [7, 11) is 0. The Morgan fingerprint density at radius 3 is 2.72 bits per heavy atom. The van der Waals surface area contributed by atoms with Gasteiger partial charge in [-0.05, 0) is 6.92 Å². The van der Waals surface area contributed by atoms with Gasteiger partial charge in [0, 0.05) is 11.8 Å². The van der Waals surface area contributed by atoms with Gasteiger partial charge < -0.3 is 25.8 Å². The zero-order chi connectivity index (χ0) is 13.4. The van der Waals surface area contributed by atoms with Crippen molar-refractivity contribution in [2.75, 3.05) is 12.3 Å². The highest BCUT2D eigenvalue weighted by Gasteiger charge is 2.43. The maximum atomic E-state index is 11.7. The van der Waals surface area contributed by atoms with Gasteiger partial charge in [-0.3, -0.25) is 4.57 Å². The van der Waals surface area contributed by atoms with Crippen molar-refractivity contribution in [2.24, 2.45) is 0 Å².